The summed E-state index contributed by atoms with van der Waals surface area (Å²) in [4.78, 5) is 38.5. The van der Waals surface area contributed by atoms with Crippen LogP contribution in [0.4, 0.5) is 11.4 Å². The van der Waals surface area contributed by atoms with Crippen LogP contribution >= 0.6 is 0 Å². The van der Waals surface area contributed by atoms with Crippen molar-refractivity contribution in [3.8, 4) is 0 Å². The van der Waals surface area contributed by atoms with E-state index in [1.165, 1.54) is 0 Å². The van der Waals surface area contributed by atoms with Crippen LogP contribution in [-0.4, -0.2) is 17.7 Å². The van der Waals surface area contributed by atoms with Crippen LogP contribution in [0.1, 0.15) is 36.6 Å². The van der Waals surface area contributed by atoms with Gasteiger partial charge in [-0.1, -0.05) is 29.8 Å². The van der Waals surface area contributed by atoms with Gasteiger partial charge in [0.15, 0.2) is 0 Å². The smallest absolute Gasteiger partial charge is 0.266 e. The number of hydrogen-bond acceptors (Lipinski definition) is 3. The molecule has 27 heavy (non-hydrogen) atoms. The molecule has 0 radical (unpaired) electrons. The lowest BCUT2D eigenvalue weighted by atomic mass is 10.1. The summed E-state index contributed by atoms with van der Waals surface area (Å²) in [5.74, 6) is -0.900. The molecule has 132 valence electrons. The van der Waals surface area contributed by atoms with Crippen LogP contribution in [0.25, 0.3) is 0 Å². The summed E-state index contributed by atoms with van der Waals surface area (Å²) in [7, 11) is 0. The second-order valence-corrected chi connectivity index (χ2v) is 6.36. The van der Waals surface area contributed by atoms with E-state index in [4.69, 9.17) is 0 Å². The zero-order valence-electron chi connectivity index (χ0n) is 14.6. The molecule has 0 aliphatic carbocycles. The first-order valence-corrected chi connectivity index (χ1v) is 8.50. The molecule has 1 heterocycles. The van der Waals surface area contributed by atoms with Gasteiger partial charge in [0, 0.05) is 11.3 Å². The zero-order valence-corrected chi connectivity index (χ0v) is 14.6. The third kappa shape index (κ3) is 3.00. The molecule has 0 saturated heterocycles. The van der Waals surface area contributed by atoms with Crippen LogP contribution in [0.2, 0.25) is 0 Å². The van der Waals surface area contributed by atoms with E-state index in [1.54, 1.807) is 60.7 Å². The highest BCUT2D eigenvalue weighted by atomic mass is 16.2. The number of nitrogens with zero attached hydrogens (tertiary/aromatic N) is 1. The number of nitrogens with one attached hydrogen (secondary N) is 1. The summed E-state index contributed by atoms with van der Waals surface area (Å²) in [6.07, 6.45) is 0. The van der Waals surface area contributed by atoms with Crippen molar-refractivity contribution < 1.29 is 14.4 Å². The number of imide groups is 1. The van der Waals surface area contributed by atoms with Gasteiger partial charge in [-0.05, 0) is 55.5 Å². The largest absolute Gasteiger partial charge is 0.322 e. The standard InChI is InChI=1S/C22H16N2O3/c1-14-6-8-15(9-7-14)20(25)23-16-10-12-17(13-11-16)24-21(26)18-4-2-3-5-19(18)22(24)27/h2-13H,1H3,(H,23,25). The van der Waals surface area contributed by atoms with E-state index in [1.807, 2.05) is 19.1 Å². The maximum absolute atomic E-state index is 12.5. The average Bonchev–Trinajstić information content (AvgIpc) is 2.94. The molecule has 5 nitrogen and oxygen atoms in total. The number of carbonyl (C=O) groups excluding carboxylic acids is 3. The number of carbonyl (C=O) groups is 3. The first-order chi connectivity index (χ1) is 13.0. The van der Waals surface area contributed by atoms with E-state index in [9.17, 15) is 14.4 Å². The van der Waals surface area contributed by atoms with Crippen molar-refractivity contribution in [3.63, 3.8) is 0 Å². The quantitative estimate of drug-likeness (QED) is 0.720. The minimum atomic E-state index is -0.341. The highest BCUT2D eigenvalue weighted by Crippen LogP contribution is 2.29. The summed E-state index contributed by atoms with van der Waals surface area (Å²) in [6.45, 7) is 1.96. The van der Waals surface area contributed by atoms with Crippen LogP contribution in [0.5, 0.6) is 0 Å². The van der Waals surface area contributed by atoms with Gasteiger partial charge in [-0.25, -0.2) is 4.90 Å². The number of fused-ring (bicyclic) bond motifs is 1. The van der Waals surface area contributed by atoms with Crippen molar-refractivity contribution >= 4 is 29.1 Å². The van der Waals surface area contributed by atoms with Crippen molar-refractivity contribution in [1.29, 1.82) is 0 Å². The van der Waals surface area contributed by atoms with E-state index in [2.05, 4.69) is 5.32 Å². The van der Waals surface area contributed by atoms with Gasteiger partial charge in [0.1, 0.15) is 0 Å². The molecule has 0 aromatic heterocycles. The van der Waals surface area contributed by atoms with E-state index in [-0.39, 0.29) is 17.7 Å². The SMILES string of the molecule is Cc1ccc(C(=O)Nc2ccc(N3C(=O)c4ccccc4C3=O)cc2)cc1. The van der Waals surface area contributed by atoms with Crippen molar-refractivity contribution in [3.05, 3.63) is 95.1 Å². The monoisotopic (exact) mass is 356 g/mol. The molecule has 3 aromatic rings. The summed E-state index contributed by atoms with van der Waals surface area (Å²) < 4.78 is 0. The molecule has 0 fully saturated rings. The summed E-state index contributed by atoms with van der Waals surface area (Å²) in [5, 5.41) is 2.81. The van der Waals surface area contributed by atoms with E-state index in [0.29, 0.717) is 28.1 Å². The maximum atomic E-state index is 12.5. The lowest BCUT2D eigenvalue weighted by molar-refractivity contribution is 0.0924. The molecule has 1 aliphatic heterocycles. The Balaban J connectivity index is 1.53. The first kappa shape index (κ1) is 16.7. The lowest BCUT2D eigenvalue weighted by Gasteiger charge is -2.14. The van der Waals surface area contributed by atoms with Crippen molar-refractivity contribution in [1.82, 2.24) is 0 Å². The van der Waals surface area contributed by atoms with Gasteiger partial charge in [0.2, 0.25) is 0 Å². The minimum absolute atomic E-state index is 0.219. The molecule has 0 bridgehead atoms. The molecule has 0 unspecified atom stereocenters. The molecule has 0 atom stereocenters. The van der Waals surface area contributed by atoms with Crippen molar-refractivity contribution in [2.75, 3.05) is 10.2 Å². The molecule has 4 rings (SSSR count). The fourth-order valence-corrected chi connectivity index (χ4v) is 3.03. The normalized spacial score (nSPS) is 12.9. The Hall–Kier alpha value is -3.73. The fourth-order valence-electron chi connectivity index (χ4n) is 3.03. The Morgan fingerprint density at radius 2 is 1.33 bits per heavy atom. The van der Waals surface area contributed by atoms with Crippen LogP contribution in [0, 0.1) is 6.92 Å². The van der Waals surface area contributed by atoms with Gasteiger partial charge in [-0.2, -0.15) is 0 Å². The topological polar surface area (TPSA) is 66.5 Å². The van der Waals surface area contributed by atoms with Crippen LogP contribution in [-0.2, 0) is 0 Å². The molecule has 1 N–H and O–H groups in total. The highest BCUT2D eigenvalue weighted by Gasteiger charge is 2.36. The van der Waals surface area contributed by atoms with Gasteiger partial charge in [0.25, 0.3) is 17.7 Å². The summed E-state index contributed by atoms with van der Waals surface area (Å²) in [6, 6.07) is 20.7. The summed E-state index contributed by atoms with van der Waals surface area (Å²) in [5.41, 5.74) is 3.50. The van der Waals surface area contributed by atoms with Crippen LogP contribution < -0.4 is 10.2 Å². The number of anilines is 2. The van der Waals surface area contributed by atoms with E-state index >= 15 is 0 Å². The zero-order chi connectivity index (χ0) is 19.0. The molecular weight excluding hydrogens is 340 g/mol. The van der Waals surface area contributed by atoms with Crippen molar-refractivity contribution in [2.45, 2.75) is 6.92 Å². The van der Waals surface area contributed by atoms with Crippen LogP contribution in [0.3, 0.4) is 0 Å². The molecular formula is C22H16N2O3. The third-order valence-corrected chi connectivity index (χ3v) is 4.49. The second kappa shape index (κ2) is 6.53. The highest BCUT2D eigenvalue weighted by molar-refractivity contribution is 6.34. The van der Waals surface area contributed by atoms with Gasteiger partial charge < -0.3 is 5.32 Å². The van der Waals surface area contributed by atoms with Crippen LogP contribution in [0.15, 0.2) is 72.8 Å². The average molecular weight is 356 g/mol. The van der Waals surface area contributed by atoms with Gasteiger partial charge >= 0.3 is 0 Å². The number of aryl methyl sites for hydroxylation is 1. The minimum Gasteiger partial charge on any atom is -0.322 e. The van der Waals surface area contributed by atoms with E-state index in [0.717, 1.165) is 10.5 Å². The lowest BCUT2D eigenvalue weighted by Crippen LogP contribution is -2.29. The molecule has 3 amide bonds. The molecule has 3 aromatic carbocycles. The fraction of sp³-hybridized carbons (Fsp3) is 0.0455. The van der Waals surface area contributed by atoms with Crippen molar-refractivity contribution in [2.24, 2.45) is 0 Å². The Morgan fingerprint density at radius 3 is 1.89 bits per heavy atom. The second-order valence-electron chi connectivity index (χ2n) is 6.36. The number of amides is 3. The molecule has 5 heteroatoms. The molecule has 1 aliphatic rings. The van der Waals surface area contributed by atoms with Gasteiger partial charge in [0.05, 0.1) is 16.8 Å². The predicted octanol–water partition coefficient (Wildman–Crippen LogP) is 4.05. The first-order valence-electron chi connectivity index (χ1n) is 8.50. The molecule has 0 saturated carbocycles. The predicted molar refractivity (Wildman–Crippen MR) is 103 cm³/mol. The maximum Gasteiger partial charge on any atom is 0.266 e. The Labute approximate surface area is 156 Å². The van der Waals surface area contributed by atoms with E-state index < -0.39 is 0 Å². The Bertz CT molecular complexity index is 1020. The van der Waals surface area contributed by atoms with Gasteiger partial charge in [-0.3, -0.25) is 14.4 Å². The Morgan fingerprint density at radius 1 is 0.778 bits per heavy atom. The molecule has 0 spiro atoms. The summed E-state index contributed by atoms with van der Waals surface area (Å²) >= 11 is 0. The Kier molecular flexibility index (Phi) is 4.05. The third-order valence-electron chi connectivity index (χ3n) is 4.49. The van der Waals surface area contributed by atoms with Gasteiger partial charge in [-0.15, -0.1) is 0 Å². The number of benzene rings is 3. The number of hydrogen-bond donors (Lipinski definition) is 1. The number of rotatable bonds is 3.